The highest BCUT2D eigenvalue weighted by atomic mass is 79.9. The number of nitrogen functional groups attached to an aromatic ring is 1. The average molecular weight is 395 g/mol. The third kappa shape index (κ3) is 4.71. The molecule has 3 N–H and O–H groups in total. The summed E-state index contributed by atoms with van der Waals surface area (Å²) in [4.78, 5) is 1.56. The Morgan fingerprint density at radius 3 is 1.79 bits per heavy atom. The second-order valence-corrected chi connectivity index (χ2v) is 7.80. The summed E-state index contributed by atoms with van der Waals surface area (Å²) in [5.74, 6) is 0.690. The number of hydrogen-bond donors (Lipinski definition) is 2. The fourth-order valence-corrected chi connectivity index (χ4v) is 2.25. The van der Waals surface area contributed by atoms with Crippen LogP contribution in [-0.4, -0.2) is 15.3 Å². The molecule has 0 atom stereocenters. The van der Waals surface area contributed by atoms with Crippen molar-refractivity contribution in [2.45, 2.75) is 52.4 Å². The number of phenols is 1. The van der Waals surface area contributed by atoms with Crippen molar-refractivity contribution in [3.63, 3.8) is 0 Å². The molecule has 0 amide bonds. The van der Waals surface area contributed by atoms with E-state index in [2.05, 4.69) is 67.7 Å². The Labute approximate surface area is 150 Å². The minimum Gasteiger partial charge on any atom is -0.507 e. The monoisotopic (exact) mass is 394 g/mol. The lowest BCUT2D eigenvalue weighted by Crippen LogP contribution is -2.17. The van der Waals surface area contributed by atoms with E-state index >= 15 is 0 Å². The summed E-state index contributed by atoms with van der Waals surface area (Å²) in [6.07, 6.45) is 0. The lowest BCUT2D eigenvalue weighted by Gasteiger charge is -2.27. The van der Waals surface area contributed by atoms with Gasteiger partial charge in [0.2, 0.25) is 5.89 Å². The predicted molar refractivity (Wildman–Crippen MR) is 97.8 cm³/mol. The summed E-state index contributed by atoms with van der Waals surface area (Å²) in [5, 5.41) is 25.5. The van der Waals surface area contributed by atoms with Crippen molar-refractivity contribution in [1.82, 2.24) is 10.2 Å². The Morgan fingerprint density at radius 1 is 1.08 bits per heavy atom. The van der Waals surface area contributed by atoms with Crippen molar-refractivity contribution in [2.24, 2.45) is 0 Å². The molecule has 2 rings (SSSR count). The maximum absolute atomic E-state index is 10.6. The number of phenolic OH excluding ortho intramolecular Hbond substituents is 1. The van der Waals surface area contributed by atoms with Gasteiger partial charge in [0.25, 0.3) is 0 Å². The Balaban J connectivity index is 0.000000891. The lowest BCUT2D eigenvalue weighted by atomic mass is 9.78. The van der Waals surface area contributed by atoms with Gasteiger partial charge in [-0.1, -0.05) is 46.6 Å². The highest BCUT2D eigenvalue weighted by Crippen LogP contribution is 2.41. The molecule has 0 bridgehead atoms. The third-order valence-electron chi connectivity index (χ3n) is 3.41. The minimum atomic E-state index is -0.203. The van der Waals surface area contributed by atoms with Crippen LogP contribution in [0.2, 0.25) is 0 Å². The van der Waals surface area contributed by atoms with Gasteiger partial charge in [-0.05, 0) is 23.0 Å². The smallest absolute Gasteiger partial charge is 0.313 e. The SMILES string of the molecule is CC(C)(C)c1cc(-c2nnc(N)o2)cc(C(C)(C)C)c1O.N#CBr. The molecule has 2 aromatic rings. The molecule has 0 spiro atoms. The van der Waals surface area contributed by atoms with Crippen molar-refractivity contribution in [3.8, 4) is 22.2 Å². The summed E-state index contributed by atoms with van der Waals surface area (Å²) in [6, 6.07) is 3.81. The second-order valence-electron chi connectivity index (χ2n) is 7.45. The van der Waals surface area contributed by atoms with Crippen LogP contribution in [0.15, 0.2) is 16.5 Å². The number of nitriles is 1. The molecule has 0 saturated carbocycles. The van der Waals surface area contributed by atoms with Crippen LogP contribution >= 0.6 is 15.9 Å². The molecule has 0 aliphatic carbocycles. The number of anilines is 1. The maximum Gasteiger partial charge on any atom is 0.313 e. The van der Waals surface area contributed by atoms with Gasteiger partial charge in [-0.25, -0.2) is 0 Å². The van der Waals surface area contributed by atoms with Crippen LogP contribution in [0.4, 0.5) is 6.01 Å². The molecule has 0 aliphatic heterocycles. The van der Waals surface area contributed by atoms with E-state index in [1.54, 1.807) is 4.98 Å². The number of nitrogens with zero attached hydrogens (tertiary/aromatic N) is 3. The van der Waals surface area contributed by atoms with E-state index in [1.165, 1.54) is 0 Å². The molecule has 1 heterocycles. The molecule has 1 aromatic heterocycles. The Morgan fingerprint density at radius 2 is 1.50 bits per heavy atom. The van der Waals surface area contributed by atoms with Crippen molar-refractivity contribution in [1.29, 1.82) is 5.26 Å². The van der Waals surface area contributed by atoms with E-state index in [9.17, 15) is 5.11 Å². The fraction of sp³-hybridized carbons (Fsp3) is 0.471. The zero-order chi connectivity index (χ0) is 18.7. The van der Waals surface area contributed by atoms with Gasteiger partial charge in [-0.15, -0.1) is 5.10 Å². The summed E-state index contributed by atoms with van der Waals surface area (Å²) < 4.78 is 5.32. The number of halogens is 1. The summed E-state index contributed by atoms with van der Waals surface area (Å²) in [5.41, 5.74) is 7.57. The van der Waals surface area contributed by atoms with Crippen molar-refractivity contribution >= 4 is 21.9 Å². The minimum absolute atomic E-state index is 0.0349. The third-order valence-corrected chi connectivity index (χ3v) is 3.41. The van der Waals surface area contributed by atoms with E-state index in [0.717, 1.165) is 16.7 Å². The Kier molecular flexibility index (Phi) is 6.01. The largest absolute Gasteiger partial charge is 0.507 e. The first-order valence-electron chi connectivity index (χ1n) is 7.39. The fourth-order valence-electron chi connectivity index (χ4n) is 2.25. The van der Waals surface area contributed by atoms with Crippen LogP contribution < -0.4 is 5.73 Å². The van der Waals surface area contributed by atoms with Crippen LogP contribution in [0, 0.1) is 10.2 Å². The molecule has 0 saturated heterocycles. The normalized spacial score (nSPS) is 11.4. The van der Waals surface area contributed by atoms with E-state index < -0.39 is 0 Å². The number of benzene rings is 1. The van der Waals surface area contributed by atoms with Gasteiger partial charge in [-0.3, -0.25) is 0 Å². The summed E-state index contributed by atoms with van der Waals surface area (Å²) in [6.45, 7) is 12.3. The van der Waals surface area contributed by atoms with Crippen molar-refractivity contribution in [3.05, 3.63) is 23.3 Å². The van der Waals surface area contributed by atoms with Crippen LogP contribution in [0.25, 0.3) is 11.5 Å². The average Bonchev–Trinajstić information content (AvgIpc) is 2.84. The first-order chi connectivity index (χ1) is 10.9. The molecule has 0 radical (unpaired) electrons. The molecule has 6 nitrogen and oxygen atoms in total. The van der Waals surface area contributed by atoms with Gasteiger partial charge >= 0.3 is 6.01 Å². The van der Waals surface area contributed by atoms with Crippen LogP contribution in [0.1, 0.15) is 52.7 Å². The van der Waals surface area contributed by atoms with Crippen LogP contribution in [0.3, 0.4) is 0 Å². The van der Waals surface area contributed by atoms with Gasteiger partial charge in [0.15, 0.2) is 0 Å². The first-order valence-corrected chi connectivity index (χ1v) is 8.18. The molecule has 7 heteroatoms. The molecule has 0 aliphatic rings. The first kappa shape index (κ1) is 20.0. The second kappa shape index (κ2) is 7.22. The van der Waals surface area contributed by atoms with E-state index in [4.69, 9.17) is 15.4 Å². The van der Waals surface area contributed by atoms with E-state index in [1.807, 2.05) is 12.1 Å². The molecule has 0 unspecified atom stereocenters. The van der Waals surface area contributed by atoms with Gasteiger partial charge in [0, 0.05) is 32.6 Å². The molecular formula is C17H23BrN4O2. The summed E-state index contributed by atoms with van der Waals surface area (Å²) in [7, 11) is 0. The molecular weight excluding hydrogens is 372 g/mol. The van der Waals surface area contributed by atoms with Gasteiger partial charge < -0.3 is 15.3 Å². The van der Waals surface area contributed by atoms with Gasteiger partial charge in [0.1, 0.15) is 10.7 Å². The lowest BCUT2D eigenvalue weighted by molar-refractivity contribution is 0.423. The number of aromatic hydroxyl groups is 1. The molecule has 0 fully saturated rings. The van der Waals surface area contributed by atoms with Crippen LogP contribution in [-0.2, 0) is 10.8 Å². The van der Waals surface area contributed by atoms with E-state index in [0.29, 0.717) is 11.6 Å². The summed E-state index contributed by atoms with van der Waals surface area (Å²) >= 11 is 2.45. The standard InChI is InChI=1S/C16H23N3O2.CBrN/c1-15(2,3)10-7-9(13-18-19-14(17)21-13)8-11(12(10)20)16(4,5)6;2-1-3/h7-8,20H,1-6H3,(H2,17,19);. The molecule has 130 valence electrons. The molecule has 1 aromatic carbocycles. The Bertz CT molecular complexity index is 714. The van der Waals surface area contributed by atoms with Crippen LogP contribution in [0.5, 0.6) is 5.75 Å². The van der Waals surface area contributed by atoms with Crippen molar-refractivity contribution < 1.29 is 9.52 Å². The zero-order valence-corrected chi connectivity index (χ0v) is 16.4. The van der Waals surface area contributed by atoms with E-state index in [-0.39, 0.29) is 16.8 Å². The molecule has 24 heavy (non-hydrogen) atoms. The van der Waals surface area contributed by atoms with Gasteiger partial charge in [-0.2, -0.15) is 5.26 Å². The quantitative estimate of drug-likeness (QED) is 0.737. The number of rotatable bonds is 1. The Hall–Kier alpha value is -2.07. The highest BCUT2D eigenvalue weighted by molar-refractivity contribution is 9.12. The topological polar surface area (TPSA) is 109 Å². The zero-order valence-electron chi connectivity index (χ0n) is 14.8. The van der Waals surface area contributed by atoms with Gasteiger partial charge in [0.05, 0.1) is 0 Å². The van der Waals surface area contributed by atoms with Crippen molar-refractivity contribution in [2.75, 3.05) is 5.73 Å². The number of nitrogens with two attached hydrogens (primary N) is 1. The number of aromatic nitrogens is 2. The number of hydrogen-bond acceptors (Lipinski definition) is 6. The maximum atomic E-state index is 10.6. The predicted octanol–water partition coefficient (Wildman–Crippen LogP) is 4.48. The highest BCUT2D eigenvalue weighted by Gasteiger charge is 2.27.